The lowest BCUT2D eigenvalue weighted by molar-refractivity contribution is 0.260. The van der Waals surface area contributed by atoms with Gasteiger partial charge in [-0.1, -0.05) is 0 Å². The monoisotopic (exact) mass is 309 g/mol. The Labute approximate surface area is 114 Å². The molecule has 1 fully saturated rings. The Morgan fingerprint density at radius 2 is 2.33 bits per heavy atom. The smallest absolute Gasteiger partial charge is 0.154 e. The molecule has 0 aromatic carbocycles. The van der Waals surface area contributed by atoms with Gasteiger partial charge in [0.15, 0.2) is 5.65 Å². The third-order valence-corrected chi connectivity index (χ3v) is 3.84. The Hall–Kier alpha value is -1.14. The highest BCUT2D eigenvalue weighted by Gasteiger charge is 2.17. The van der Waals surface area contributed by atoms with Gasteiger partial charge in [0.1, 0.15) is 10.4 Å². The SMILES string of the molecule is CN1CCCC(Nc2ccc3ncc(Br)n3n2)C1. The Kier molecular flexibility index (Phi) is 3.22. The van der Waals surface area contributed by atoms with Gasteiger partial charge in [0, 0.05) is 12.6 Å². The summed E-state index contributed by atoms with van der Waals surface area (Å²) in [5, 5.41) is 8.03. The van der Waals surface area contributed by atoms with Crippen LogP contribution in [0.1, 0.15) is 12.8 Å². The van der Waals surface area contributed by atoms with Crippen molar-refractivity contribution in [2.75, 3.05) is 25.5 Å². The first kappa shape index (κ1) is 11.9. The molecule has 3 heterocycles. The van der Waals surface area contributed by atoms with Crippen molar-refractivity contribution >= 4 is 27.4 Å². The molecule has 6 heteroatoms. The number of aromatic nitrogens is 3. The van der Waals surface area contributed by atoms with Crippen LogP contribution in [0.2, 0.25) is 0 Å². The fourth-order valence-electron chi connectivity index (χ4n) is 2.42. The van der Waals surface area contributed by atoms with Crippen molar-refractivity contribution in [1.29, 1.82) is 0 Å². The molecule has 0 radical (unpaired) electrons. The number of nitrogens with one attached hydrogen (secondary N) is 1. The summed E-state index contributed by atoms with van der Waals surface area (Å²) < 4.78 is 2.68. The minimum absolute atomic E-state index is 0.482. The maximum Gasteiger partial charge on any atom is 0.154 e. The molecule has 2 aromatic rings. The zero-order valence-corrected chi connectivity index (χ0v) is 11.9. The third kappa shape index (κ3) is 2.35. The molecular weight excluding hydrogens is 294 g/mol. The quantitative estimate of drug-likeness (QED) is 0.921. The average Bonchev–Trinajstić information content (AvgIpc) is 2.71. The van der Waals surface area contributed by atoms with E-state index in [1.165, 1.54) is 19.4 Å². The lowest BCUT2D eigenvalue weighted by Crippen LogP contribution is -2.39. The molecule has 1 aliphatic heterocycles. The summed E-state index contributed by atoms with van der Waals surface area (Å²) in [5.74, 6) is 0.904. The van der Waals surface area contributed by atoms with Crippen LogP contribution in [0.15, 0.2) is 22.9 Å². The van der Waals surface area contributed by atoms with Crippen molar-refractivity contribution in [1.82, 2.24) is 19.5 Å². The molecule has 1 atom stereocenters. The summed E-state index contributed by atoms with van der Waals surface area (Å²) >= 11 is 3.44. The molecule has 96 valence electrons. The predicted octanol–water partition coefficient (Wildman–Crippen LogP) is 2.00. The van der Waals surface area contributed by atoms with Crippen molar-refractivity contribution in [3.05, 3.63) is 22.9 Å². The van der Waals surface area contributed by atoms with Gasteiger partial charge in [-0.05, 0) is 54.5 Å². The van der Waals surface area contributed by atoms with Crippen LogP contribution < -0.4 is 5.32 Å². The molecule has 5 nitrogen and oxygen atoms in total. The molecule has 1 aliphatic rings. The maximum absolute atomic E-state index is 4.53. The topological polar surface area (TPSA) is 45.5 Å². The van der Waals surface area contributed by atoms with Crippen LogP contribution in [0.5, 0.6) is 0 Å². The largest absolute Gasteiger partial charge is 0.365 e. The van der Waals surface area contributed by atoms with E-state index >= 15 is 0 Å². The van der Waals surface area contributed by atoms with Crippen molar-refractivity contribution < 1.29 is 0 Å². The van der Waals surface area contributed by atoms with Gasteiger partial charge in [0.25, 0.3) is 0 Å². The maximum atomic E-state index is 4.53. The highest BCUT2D eigenvalue weighted by molar-refractivity contribution is 9.10. The van der Waals surface area contributed by atoms with E-state index in [1.807, 2.05) is 12.1 Å². The molecule has 2 aromatic heterocycles. The summed E-state index contributed by atoms with van der Waals surface area (Å²) in [6.45, 7) is 2.27. The van der Waals surface area contributed by atoms with Gasteiger partial charge in [-0.2, -0.15) is 0 Å². The van der Waals surface area contributed by atoms with Crippen molar-refractivity contribution in [2.24, 2.45) is 0 Å². The second kappa shape index (κ2) is 4.85. The first-order chi connectivity index (χ1) is 8.72. The standard InChI is InChI=1S/C12H16BrN5/c1-17-6-2-3-9(8-17)15-11-4-5-12-14-7-10(13)18(12)16-11/h4-5,7,9H,2-3,6,8H2,1H3,(H,15,16). The second-order valence-electron chi connectivity index (χ2n) is 4.82. The first-order valence-corrected chi connectivity index (χ1v) is 6.97. The van der Waals surface area contributed by atoms with Gasteiger partial charge in [-0.3, -0.25) is 0 Å². The van der Waals surface area contributed by atoms with Gasteiger partial charge in [-0.15, -0.1) is 5.10 Å². The number of halogens is 1. The van der Waals surface area contributed by atoms with Crippen LogP contribution in [-0.4, -0.2) is 45.7 Å². The summed E-state index contributed by atoms with van der Waals surface area (Å²) in [4.78, 5) is 6.59. The van der Waals surface area contributed by atoms with E-state index in [2.05, 4.69) is 43.3 Å². The van der Waals surface area contributed by atoms with E-state index in [1.54, 1.807) is 10.7 Å². The number of nitrogens with zero attached hydrogens (tertiary/aromatic N) is 4. The van der Waals surface area contributed by atoms with E-state index < -0.39 is 0 Å². The van der Waals surface area contributed by atoms with Crippen LogP contribution in [0, 0.1) is 0 Å². The molecular formula is C12H16BrN5. The molecule has 0 aliphatic carbocycles. The van der Waals surface area contributed by atoms with Gasteiger partial charge in [-0.25, -0.2) is 9.50 Å². The van der Waals surface area contributed by atoms with Gasteiger partial charge >= 0.3 is 0 Å². The second-order valence-corrected chi connectivity index (χ2v) is 5.63. The minimum Gasteiger partial charge on any atom is -0.365 e. The van der Waals surface area contributed by atoms with Crippen molar-refractivity contribution in [3.8, 4) is 0 Å². The number of anilines is 1. The van der Waals surface area contributed by atoms with Gasteiger partial charge < -0.3 is 10.2 Å². The lowest BCUT2D eigenvalue weighted by Gasteiger charge is -2.30. The molecule has 0 bridgehead atoms. The van der Waals surface area contributed by atoms with E-state index in [4.69, 9.17) is 0 Å². The van der Waals surface area contributed by atoms with Crippen molar-refractivity contribution in [3.63, 3.8) is 0 Å². The van der Waals surface area contributed by atoms with Gasteiger partial charge in [0.2, 0.25) is 0 Å². The number of hydrogen-bond acceptors (Lipinski definition) is 4. The number of piperidine rings is 1. The van der Waals surface area contributed by atoms with Crippen LogP contribution in [0.3, 0.4) is 0 Å². The zero-order chi connectivity index (χ0) is 12.5. The average molecular weight is 310 g/mol. The van der Waals surface area contributed by atoms with Gasteiger partial charge in [0.05, 0.1) is 6.20 Å². The summed E-state index contributed by atoms with van der Waals surface area (Å²) in [6.07, 6.45) is 4.21. The van der Waals surface area contributed by atoms with Crippen molar-refractivity contribution in [2.45, 2.75) is 18.9 Å². The van der Waals surface area contributed by atoms with Crippen LogP contribution in [-0.2, 0) is 0 Å². The molecule has 0 amide bonds. The third-order valence-electron chi connectivity index (χ3n) is 3.30. The van der Waals surface area contributed by atoms with Crippen LogP contribution in [0.25, 0.3) is 5.65 Å². The molecule has 1 saturated heterocycles. The molecule has 1 unspecified atom stereocenters. The Bertz CT molecular complexity index is 552. The highest BCUT2D eigenvalue weighted by atomic mass is 79.9. The Morgan fingerprint density at radius 1 is 1.44 bits per heavy atom. The molecule has 0 saturated carbocycles. The first-order valence-electron chi connectivity index (χ1n) is 6.18. The number of hydrogen-bond donors (Lipinski definition) is 1. The summed E-state index contributed by atoms with van der Waals surface area (Å²) in [5.41, 5.74) is 0.855. The number of rotatable bonds is 2. The predicted molar refractivity (Wildman–Crippen MR) is 74.8 cm³/mol. The lowest BCUT2D eigenvalue weighted by atomic mass is 10.1. The minimum atomic E-state index is 0.482. The molecule has 1 N–H and O–H groups in total. The fourth-order valence-corrected chi connectivity index (χ4v) is 2.78. The van der Waals surface area contributed by atoms with Crippen LogP contribution in [0.4, 0.5) is 5.82 Å². The molecule has 3 rings (SSSR count). The van der Waals surface area contributed by atoms with E-state index in [-0.39, 0.29) is 0 Å². The zero-order valence-electron chi connectivity index (χ0n) is 10.3. The number of likely N-dealkylation sites (N-methyl/N-ethyl adjacent to an activating group) is 1. The van der Waals surface area contributed by atoms with E-state index in [9.17, 15) is 0 Å². The normalized spacial score (nSPS) is 21.3. The van der Waals surface area contributed by atoms with E-state index in [0.717, 1.165) is 22.6 Å². The number of likely N-dealkylation sites (tertiary alicyclic amines) is 1. The Morgan fingerprint density at radius 3 is 3.17 bits per heavy atom. The summed E-state index contributed by atoms with van der Waals surface area (Å²) in [7, 11) is 2.16. The molecule has 18 heavy (non-hydrogen) atoms. The molecule has 0 spiro atoms. The fraction of sp³-hybridized carbons (Fsp3) is 0.500. The number of imidazole rings is 1. The Balaban J connectivity index is 1.79. The van der Waals surface area contributed by atoms with E-state index in [0.29, 0.717) is 6.04 Å². The highest BCUT2D eigenvalue weighted by Crippen LogP contribution is 2.16. The van der Waals surface area contributed by atoms with Crippen LogP contribution >= 0.6 is 15.9 Å². The summed E-state index contributed by atoms with van der Waals surface area (Å²) in [6, 6.07) is 4.45. The number of fused-ring (bicyclic) bond motifs is 1.